The summed E-state index contributed by atoms with van der Waals surface area (Å²) in [6.07, 6.45) is 0. The summed E-state index contributed by atoms with van der Waals surface area (Å²) in [6, 6.07) is 3.32. The van der Waals surface area contributed by atoms with E-state index >= 15 is 0 Å². The fourth-order valence-corrected chi connectivity index (χ4v) is 1.19. The summed E-state index contributed by atoms with van der Waals surface area (Å²) in [5.74, 6) is -1.22. The van der Waals surface area contributed by atoms with Crippen LogP contribution in [0.25, 0.3) is 0 Å². The molecule has 3 nitrogen and oxygen atoms in total. The first-order valence-electron chi connectivity index (χ1n) is 4.41. The van der Waals surface area contributed by atoms with Crippen LogP contribution in [0, 0.1) is 5.82 Å². The second-order valence-electron chi connectivity index (χ2n) is 3.18. The summed E-state index contributed by atoms with van der Waals surface area (Å²) < 4.78 is 13.2. The third kappa shape index (κ3) is 3.18. The number of amides is 1. The van der Waals surface area contributed by atoms with Gasteiger partial charge in [0.05, 0.1) is 12.2 Å². The zero-order chi connectivity index (χ0) is 11.4. The van der Waals surface area contributed by atoms with Gasteiger partial charge in [-0.1, -0.05) is 11.6 Å². The minimum atomic E-state index is -0.637. The molecule has 1 amide bonds. The second-order valence-corrected chi connectivity index (χ2v) is 3.62. The molecule has 15 heavy (non-hydrogen) atoms. The minimum absolute atomic E-state index is 0.122. The van der Waals surface area contributed by atoms with Gasteiger partial charge in [-0.3, -0.25) is 4.79 Å². The quantitative estimate of drug-likeness (QED) is 0.830. The Morgan fingerprint density at radius 1 is 1.67 bits per heavy atom. The molecule has 0 bridgehead atoms. The smallest absolute Gasteiger partial charge is 0.254 e. The van der Waals surface area contributed by atoms with E-state index in [1.165, 1.54) is 12.1 Å². The Morgan fingerprint density at radius 3 is 2.93 bits per heavy atom. The normalized spacial score (nSPS) is 12.3. The van der Waals surface area contributed by atoms with Crippen molar-refractivity contribution in [2.75, 3.05) is 6.61 Å². The number of hydrogen-bond acceptors (Lipinski definition) is 2. The molecule has 0 saturated heterocycles. The van der Waals surface area contributed by atoms with Gasteiger partial charge in [0.15, 0.2) is 0 Å². The molecule has 5 heteroatoms. The van der Waals surface area contributed by atoms with Crippen molar-refractivity contribution in [1.29, 1.82) is 0 Å². The van der Waals surface area contributed by atoms with E-state index in [4.69, 9.17) is 16.7 Å². The fourth-order valence-electron chi connectivity index (χ4n) is 1.02. The van der Waals surface area contributed by atoms with Crippen molar-refractivity contribution in [3.05, 3.63) is 34.6 Å². The first-order chi connectivity index (χ1) is 7.04. The Bertz CT molecular complexity index is 370. The monoisotopic (exact) mass is 231 g/mol. The van der Waals surface area contributed by atoms with Gasteiger partial charge in [0.25, 0.3) is 5.91 Å². The Morgan fingerprint density at radius 2 is 2.33 bits per heavy atom. The number of halogens is 2. The molecule has 1 atom stereocenters. The third-order valence-corrected chi connectivity index (χ3v) is 2.06. The van der Waals surface area contributed by atoms with Gasteiger partial charge in [0, 0.05) is 11.1 Å². The van der Waals surface area contributed by atoms with Gasteiger partial charge in [-0.15, -0.1) is 0 Å². The molecule has 82 valence electrons. The summed E-state index contributed by atoms with van der Waals surface area (Å²) in [4.78, 5) is 11.5. The van der Waals surface area contributed by atoms with Crippen LogP contribution < -0.4 is 5.32 Å². The number of benzene rings is 1. The van der Waals surface area contributed by atoms with Crippen molar-refractivity contribution in [2.24, 2.45) is 0 Å². The average Bonchev–Trinajstić information content (AvgIpc) is 2.21. The molecule has 0 aliphatic rings. The van der Waals surface area contributed by atoms with Crippen molar-refractivity contribution in [2.45, 2.75) is 13.0 Å². The van der Waals surface area contributed by atoms with Gasteiger partial charge in [-0.2, -0.15) is 0 Å². The lowest BCUT2D eigenvalue weighted by molar-refractivity contribution is 0.0918. The molecular formula is C10H11ClFNO2. The van der Waals surface area contributed by atoms with Gasteiger partial charge in [0.2, 0.25) is 0 Å². The maximum Gasteiger partial charge on any atom is 0.254 e. The molecular weight excluding hydrogens is 221 g/mol. The van der Waals surface area contributed by atoms with E-state index in [0.29, 0.717) is 5.02 Å². The lowest BCUT2D eigenvalue weighted by Gasteiger charge is -2.11. The van der Waals surface area contributed by atoms with Gasteiger partial charge >= 0.3 is 0 Å². The van der Waals surface area contributed by atoms with Gasteiger partial charge in [-0.05, 0) is 25.1 Å². The molecule has 1 aromatic carbocycles. The molecule has 0 aliphatic carbocycles. The van der Waals surface area contributed by atoms with Crippen LogP contribution in [-0.2, 0) is 0 Å². The maximum atomic E-state index is 13.2. The van der Waals surface area contributed by atoms with Crippen LogP contribution in [0.5, 0.6) is 0 Å². The van der Waals surface area contributed by atoms with E-state index < -0.39 is 17.8 Å². The van der Waals surface area contributed by atoms with Crippen LogP contribution in [0.4, 0.5) is 4.39 Å². The second kappa shape index (κ2) is 5.09. The van der Waals surface area contributed by atoms with Crippen molar-refractivity contribution >= 4 is 17.5 Å². The number of hydrogen-bond donors (Lipinski definition) is 2. The first kappa shape index (κ1) is 11.9. The van der Waals surface area contributed by atoms with Crippen molar-refractivity contribution in [1.82, 2.24) is 5.32 Å². The van der Waals surface area contributed by atoms with Gasteiger partial charge in [-0.25, -0.2) is 4.39 Å². The largest absolute Gasteiger partial charge is 0.394 e. The zero-order valence-electron chi connectivity index (χ0n) is 8.13. The summed E-state index contributed by atoms with van der Waals surface area (Å²) in [5.41, 5.74) is -0.122. The molecule has 0 heterocycles. The predicted molar refractivity (Wildman–Crippen MR) is 55.4 cm³/mol. The predicted octanol–water partition coefficient (Wildman–Crippen LogP) is 1.59. The fraction of sp³-hybridized carbons (Fsp3) is 0.300. The number of carbonyl (C=O) groups excluding carboxylic acids is 1. The van der Waals surface area contributed by atoms with Crippen LogP contribution >= 0.6 is 11.6 Å². The minimum Gasteiger partial charge on any atom is -0.394 e. The average molecular weight is 232 g/mol. The summed E-state index contributed by atoms with van der Waals surface area (Å²) >= 11 is 5.64. The highest BCUT2D eigenvalue weighted by molar-refractivity contribution is 6.30. The highest BCUT2D eigenvalue weighted by Gasteiger charge is 2.13. The van der Waals surface area contributed by atoms with Crippen LogP contribution in [-0.4, -0.2) is 23.7 Å². The molecule has 0 unspecified atom stereocenters. The van der Waals surface area contributed by atoms with Gasteiger partial charge < -0.3 is 10.4 Å². The highest BCUT2D eigenvalue weighted by atomic mass is 35.5. The summed E-state index contributed by atoms with van der Waals surface area (Å²) in [6.45, 7) is 1.41. The van der Waals surface area contributed by atoms with Gasteiger partial charge in [0.1, 0.15) is 5.82 Å². The number of rotatable bonds is 3. The molecule has 0 fully saturated rings. The van der Waals surface area contributed by atoms with E-state index in [9.17, 15) is 9.18 Å². The van der Waals surface area contributed by atoms with E-state index in [2.05, 4.69) is 5.32 Å². The molecule has 0 aliphatic heterocycles. The molecule has 1 rings (SSSR count). The SMILES string of the molecule is C[C@@H](CO)NC(=O)c1cc(Cl)ccc1F. The van der Waals surface area contributed by atoms with E-state index in [1.807, 2.05) is 0 Å². The third-order valence-electron chi connectivity index (χ3n) is 1.82. The van der Waals surface area contributed by atoms with Crippen LogP contribution in [0.15, 0.2) is 18.2 Å². The van der Waals surface area contributed by atoms with E-state index in [0.717, 1.165) is 6.07 Å². The zero-order valence-corrected chi connectivity index (χ0v) is 8.88. The summed E-state index contributed by atoms with van der Waals surface area (Å²) in [5, 5.41) is 11.4. The standard InChI is InChI=1S/C10H11ClFNO2/c1-6(5-14)13-10(15)8-4-7(11)2-3-9(8)12/h2-4,6,14H,5H2,1H3,(H,13,15)/t6-/m0/s1. The van der Waals surface area contributed by atoms with E-state index in [-0.39, 0.29) is 12.2 Å². The van der Waals surface area contributed by atoms with Crippen molar-refractivity contribution < 1.29 is 14.3 Å². The Balaban J connectivity index is 2.86. The number of aliphatic hydroxyl groups excluding tert-OH is 1. The Labute approximate surface area is 91.9 Å². The van der Waals surface area contributed by atoms with Crippen LogP contribution in [0.2, 0.25) is 5.02 Å². The number of carbonyl (C=O) groups is 1. The van der Waals surface area contributed by atoms with E-state index in [1.54, 1.807) is 6.92 Å². The topological polar surface area (TPSA) is 49.3 Å². The lowest BCUT2D eigenvalue weighted by atomic mass is 10.2. The molecule has 2 N–H and O–H groups in total. The highest BCUT2D eigenvalue weighted by Crippen LogP contribution is 2.14. The van der Waals surface area contributed by atoms with Crippen molar-refractivity contribution in [3.63, 3.8) is 0 Å². The molecule has 0 saturated carbocycles. The summed E-state index contributed by atoms with van der Waals surface area (Å²) in [7, 11) is 0. The van der Waals surface area contributed by atoms with Crippen molar-refractivity contribution in [3.8, 4) is 0 Å². The molecule has 1 aromatic rings. The Hall–Kier alpha value is -1.13. The molecule has 0 spiro atoms. The number of aliphatic hydroxyl groups is 1. The van der Waals surface area contributed by atoms with Crippen LogP contribution in [0.3, 0.4) is 0 Å². The number of nitrogens with one attached hydrogen (secondary N) is 1. The molecule has 0 aromatic heterocycles. The first-order valence-corrected chi connectivity index (χ1v) is 4.79. The molecule has 0 radical (unpaired) electrons. The van der Waals surface area contributed by atoms with Crippen LogP contribution in [0.1, 0.15) is 17.3 Å². The maximum absolute atomic E-state index is 13.2. The Kier molecular flexibility index (Phi) is 4.05. The lowest BCUT2D eigenvalue weighted by Crippen LogP contribution is -2.35.